The van der Waals surface area contributed by atoms with Gasteiger partial charge in [0.05, 0.1) is 0 Å². The van der Waals surface area contributed by atoms with Gasteiger partial charge in [0.25, 0.3) is 0 Å². The second-order valence-electron chi connectivity index (χ2n) is 6.17. The van der Waals surface area contributed by atoms with E-state index >= 15 is 0 Å². The number of nitrogens with one attached hydrogen (secondary N) is 1. The van der Waals surface area contributed by atoms with Gasteiger partial charge in [-0.3, -0.25) is 4.79 Å². The van der Waals surface area contributed by atoms with Crippen molar-refractivity contribution in [1.82, 2.24) is 4.90 Å². The van der Waals surface area contributed by atoms with Crippen molar-refractivity contribution >= 4 is 11.6 Å². The molecule has 1 unspecified atom stereocenters. The van der Waals surface area contributed by atoms with Crippen LogP contribution in [0.15, 0.2) is 54.6 Å². The fourth-order valence-corrected chi connectivity index (χ4v) is 2.70. The molecule has 0 spiro atoms. The van der Waals surface area contributed by atoms with Crippen LogP contribution in [0.5, 0.6) is 5.75 Å². The second kappa shape index (κ2) is 10.6. The van der Waals surface area contributed by atoms with Crippen LogP contribution in [0.2, 0.25) is 0 Å². The van der Waals surface area contributed by atoms with E-state index < -0.39 is 0 Å². The monoisotopic (exact) mass is 355 g/mol. The first-order chi connectivity index (χ1) is 12.6. The number of hydrogen-bond donors (Lipinski definition) is 2. The van der Waals surface area contributed by atoms with Crippen molar-refractivity contribution in [1.29, 1.82) is 0 Å². The number of carbonyl (C=O) groups excluding carboxylic acids is 1. The van der Waals surface area contributed by atoms with E-state index in [9.17, 15) is 4.79 Å². The molecule has 0 aliphatic rings. The number of amides is 1. The number of nitrogens with two attached hydrogens (primary N) is 1. The maximum atomic E-state index is 12.2. The van der Waals surface area contributed by atoms with Crippen LogP contribution in [0.25, 0.3) is 0 Å². The van der Waals surface area contributed by atoms with E-state index in [1.165, 1.54) is 0 Å². The maximum Gasteiger partial charge on any atom is 0.226 e. The molecule has 2 rings (SSSR count). The summed E-state index contributed by atoms with van der Waals surface area (Å²) in [7, 11) is 0. The van der Waals surface area contributed by atoms with Crippen LogP contribution < -0.4 is 15.8 Å². The van der Waals surface area contributed by atoms with Crippen molar-refractivity contribution in [3.8, 4) is 5.75 Å². The largest absolute Gasteiger partial charge is 0.492 e. The van der Waals surface area contributed by atoms with Crippen LogP contribution in [-0.4, -0.2) is 37.0 Å². The van der Waals surface area contributed by atoms with Gasteiger partial charge < -0.3 is 20.7 Å². The van der Waals surface area contributed by atoms with E-state index in [-0.39, 0.29) is 18.4 Å². The fourth-order valence-electron chi connectivity index (χ4n) is 2.70. The van der Waals surface area contributed by atoms with E-state index in [4.69, 9.17) is 10.5 Å². The van der Waals surface area contributed by atoms with E-state index in [0.29, 0.717) is 6.61 Å². The lowest BCUT2D eigenvalue weighted by Gasteiger charge is -2.18. The van der Waals surface area contributed by atoms with Gasteiger partial charge in [0, 0.05) is 24.7 Å². The molecule has 0 saturated heterocycles. The van der Waals surface area contributed by atoms with Crippen molar-refractivity contribution in [2.45, 2.75) is 26.3 Å². The van der Waals surface area contributed by atoms with Gasteiger partial charge in [0.2, 0.25) is 5.91 Å². The standard InChI is InChI=1S/C21H29N3O2/c1-3-24(4-2)14-15-26-19-12-10-18(11-13-19)23-21(25)16-20(22)17-8-6-5-7-9-17/h5-13,20H,3-4,14-16,22H2,1-2H3,(H,23,25). The normalized spacial score (nSPS) is 12.0. The van der Waals surface area contributed by atoms with Crippen molar-refractivity contribution in [3.05, 3.63) is 60.2 Å². The third-order valence-corrected chi connectivity index (χ3v) is 4.34. The van der Waals surface area contributed by atoms with E-state index in [1.54, 1.807) is 0 Å². The molecule has 0 bridgehead atoms. The lowest BCUT2D eigenvalue weighted by atomic mass is 10.0. The molecule has 5 heteroatoms. The average Bonchev–Trinajstić information content (AvgIpc) is 2.67. The van der Waals surface area contributed by atoms with Crippen molar-refractivity contribution in [3.63, 3.8) is 0 Å². The molecule has 0 aliphatic carbocycles. The molecule has 2 aromatic rings. The number of rotatable bonds is 10. The highest BCUT2D eigenvalue weighted by Crippen LogP contribution is 2.18. The minimum Gasteiger partial charge on any atom is -0.492 e. The Bertz CT molecular complexity index is 655. The summed E-state index contributed by atoms with van der Waals surface area (Å²) in [6.45, 7) is 7.89. The van der Waals surface area contributed by atoms with Gasteiger partial charge in [0.15, 0.2) is 0 Å². The number of anilines is 1. The number of benzene rings is 2. The number of ether oxygens (including phenoxy) is 1. The lowest BCUT2D eigenvalue weighted by Crippen LogP contribution is -2.27. The molecule has 0 heterocycles. The quantitative estimate of drug-likeness (QED) is 0.685. The summed E-state index contributed by atoms with van der Waals surface area (Å²) < 4.78 is 5.75. The van der Waals surface area contributed by atoms with Gasteiger partial charge >= 0.3 is 0 Å². The zero-order chi connectivity index (χ0) is 18.8. The average molecular weight is 355 g/mol. The second-order valence-corrected chi connectivity index (χ2v) is 6.17. The summed E-state index contributed by atoms with van der Waals surface area (Å²) in [6.07, 6.45) is 0.242. The topological polar surface area (TPSA) is 67.6 Å². The third-order valence-electron chi connectivity index (χ3n) is 4.34. The smallest absolute Gasteiger partial charge is 0.226 e. The predicted octanol–water partition coefficient (Wildman–Crippen LogP) is 3.44. The highest BCUT2D eigenvalue weighted by atomic mass is 16.5. The molecule has 3 N–H and O–H groups in total. The summed E-state index contributed by atoms with van der Waals surface area (Å²) in [4.78, 5) is 14.5. The van der Waals surface area contributed by atoms with E-state index in [1.807, 2.05) is 54.6 Å². The maximum absolute atomic E-state index is 12.2. The van der Waals surface area contributed by atoms with E-state index in [2.05, 4.69) is 24.1 Å². The van der Waals surface area contributed by atoms with Crippen LogP contribution >= 0.6 is 0 Å². The zero-order valence-corrected chi connectivity index (χ0v) is 15.7. The molecule has 0 radical (unpaired) electrons. The summed E-state index contributed by atoms with van der Waals surface area (Å²) in [5, 5.41) is 2.88. The molecule has 26 heavy (non-hydrogen) atoms. The first kappa shape index (κ1) is 19.9. The molecule has 0 saturated carbocycles. The summed E-state index contributed by atoms with van der Waals surface area (Å²) >= 11 is 0. The van der Waals surface area contributed by atoms with Gasteiger partial charge in [-0.05, 0) is 42.9 Å². The Morgan fingerprint density at radius 3 is 2.35 bits per heavy atom. The van der Waals surface area contributed by atoms with E-state index in [0.717, 1.165) is 36.6 Å². The molecule has 0 fully saturated rings. The van der Waals surface area contributed by atoms with Gasteiger partial charge in [0.1, 0.15) is 12.4 Å². The Hall–Kier alpha value is -2.37. The molecule has 1 amide bonds. The van der Waals surface area contributed by atoms with Crippen LogP contribution in [-0.2, 0) is 4.79 Å². The molecule has 2 aromatic carbocycles. The lowest BCUT2D eigenvalue weighted by molar-refractivity contribution is -0.116. The minimum absolute atomic E-state index is 0.100. The fraction of sp³-hybridized carbons (Fsp3) is 0.381. The van der Waals surface area contributed by atoms with Crippen molar-refractivity contribution in [2.24, 2.45) is 5.73 Å². The Morgan fingerprint density at radius 1 is 1.08 bits per heavy atom. The van der Waals surface area contributed by atoms with Gasteiger partial charge in [-0.1, -0.05) is 44.2 Å². The number of carbonyl (C=O) groups is 1. The van der Waals surface area contributed by atoms with Crippen LogP contribution in [0.4, 0.5) is 5.69 Å². The molecule has 140 valence electrons. The van der Waals surface area contributed by atoms with Gasteiger partial charge in [-0.25, -0.2) is 0 Å². The van der Waals surface area contributed by atoms with Gasteiger partial charge in [-0.2, -0.15) is 0 Å². The van der Waals surface area contributed by atoms with Crippen molar-refractivity contribution in [2.75, 3.05) is 31.6 Å². The summed E-state index contributed by atoms with van der Waals surface area (Å²) in [6, 6.07) is 16.8. The molecule has 5 nitrogen and oxygen atoms in total. The molecule has 0 aliphatic heterocycles. The molecule has 0 aromatic heterocycles. The SMILES string of the molecule is CCN(CC)CCOc1ccc(NC(=O)CC(N)c2ccccc2)cc1. The predicted molar refractivity (Wildman–Crippen MR) is 106 cm³/mol. The highest BCUT2D eigenvalue weighted by molar-refractivity contribution is 5.91. The first-order valence-corrected chi connectivity index (χ1v) is 9.18. The first-order valence-electron chi connectivity index (χ1n) is 9.18. The minimum atomic E-state index is -0.307. The van der Waals surface area contributed by atoms with Crippen LogP contribution in [0.3, 0.4) is 0 Å². The van der Waals surface area contributed by atoms with Crippen LogP contribution in [0.1, 0.15) is 31.9 Å². The Balaban J connectivity index is 1.78. The highest BCUT2D eigenvalue weighted by Gasteiger charge is 2.11. The summed E-state index contributed by atoms with van der Waals surface area (Å²) in [5.41, 5.74) is 7.79. The number of nitrogens with zero attached hydrogens (tertiary/aromatic N) is 1. The zero-order valence-electron chi connectivity index (χ0n) is 15.7. The van der Waals surface area contributed by atoms with Crippen molar-refractivity contribution < 1.29 is 9.53 Å². The number of hydrogen-bond acceptors (Lipinski definition) is 4. The van der Waals surface area contributed by atoms with Crippen LogP contribution in [0, 0.1) is 0 Å². The Kier molecular flexibility index (Phi) is 8.12. The Morgan fingerprint density at radius 2 is 1.73 bits per heavy atom. The van der Waals surface area contributed by atoms with Gasteiger partial charge in [-0.15, -0.1) is 0 Å². The molecular formula is C21H29N3O2. The molecular weight excluding hydrogens is 326 g/mol. The summed E-state index contributed by atoms with van der Waals surface area (Å²) in [5.74, 6) is 0.702. The Labute approximate surface area is 156 Å². The molecule has 1 atom stereocenters. The number of likely N-dealkylation sites (N-methyl/N-ethyl adjacent to an activating group) is 1. The third kappa shape index (κ3) is 6.50.